The number of nitrogens with one attached hydrogen (secondary N) is 1. The molecule has 0 saturated carbocycles. The maximum Gasteiger partial charge on any atom is 0.343 e. The van der Waals surface area contributed by atoms with Gasteiger partial charge in [-0.2, -0.15) is 4.98 Å². The first-order valence-corrected chi connectivity index (χ1v) is 7.76. The van der Waals surface area contributed by atoms with Gasteiger partial charge in [0, 0.05) is 12.0 Å². The number of para-hydroxylation sites is 1. The van der Waals surface area contributed by atoms with Crippen molar-refractivity contribution < 1.29 is 19.0 Å². The lowest BCUT2D eigenvalue weighted by Crippen LogP contribution is -2.21. The molecule has 0 aliphatic carbocycles. The Balaban J connectivity index is 1.88. The summed E-state index contributed by atoms with van der Waals surface area (Å²) in [4.78, 5) is 16.1. The van der Waals surface area contributed by atoms with Crippen molar-refractivity contribution in [3.63, 3.8) is 0 Å². The molecule has 2 heterocycles. The standard InChI is InChI=1S/C18H20N2O4/c1-11-5-4-6-12-14(9-10-24-16(11)12)19-15-8-7-13(18(21)23-3)17(20-15)22-2/h4-8,14H,9-10H2,1-3H3,(H,19,20)/t14-/m1/s1. The van der Waals surface area contributed by atoms with Gasteiger partial charge < -0.3 is 19.5 Å². The van der Waals surface area contributed by atoms with Crippen molar-refractivity contribution >= 4 is 11.8 Å². The maximum atomic E-state index is 11.7. The Labute approximate surface area is 140 Å². The highest BCUT2D eigenvalue weighted by atomic mass is 16.5. The molecule has 0 radical (unpaired) electrons. The molecule has 126 valence electrons. The predicted octanol–water partition coefficient (Wildman–Crippen LogP) is 3.12. The summed E-state index contributed by atoms with van der Waals surface area (Å²) in [5, 5.41) is 3.40. The van der Waals surface area contributed by atoms with Crippen LogP contribution in [0.2, 0.25) is 0 Å². The van der Waals surface area contributed by atoms with E-state index in [0.29, 0.717) is 18.0 Å². The van der Waals surface area contributed by atoms with Crippen LogP contribution >= 0.6 is 0 Å². The van der Waals surface area contributed by atoms with Gasteiger partial charge in [-0.15, -0.1) is 0 Å². The Morgan fingerprint density at radius 1 is 1.29 bits per heavy atom. The third kappa shape index (κ3) is 2.99. The number of hydrogen-bond donors (Lipinski definition) is 1. The van der Waals surface area contributed by atoms with Crippen molar-refractivity contribution in [1.29, 1.82) is 0 Å². The monoisotopic (exact) mass is 328 g/mol. The average molecular weight is 328 g/mol. The highest BCUT2D eigenvalue weighted by Crippen LogP contribution is 2.36. The molecule has 0 fully saturated rings. The third-order valence-corrected chi connectivity index (χ3v) is 4.05. The molecule has 0 saturated heterocycles. The topological polar surface area (TPSA) is 69.7 Å². The van der Waals surface area contributed by atoms with Crippen LogP contribution < -0.4 is 14.8 Å². The van der Waals surface area contributed by atoms with Crippen molar-refractivity contribution in [2.24, 2.45) is 0 Å². The SMILES string of the molecule is COC(=O)c1ccc(N[C@@H]2CCOc3c(C)cccc32)nc1OC. The molecule has 6 heteroatoms. The molecule has 1 aromatic heterocycles. The normalized spacial score (nSPS) is 15.9. The number of nitrogens with zero attached hydrogens (tertiary/aromatic N) is 1. The molecule has 1 atom stereocenters. The van der Waals surface area contributed by atoms with Crippen LogP contribution in [-0.4, -0.2) is 31.8 Å². The van der Waals surface area contributed by atoms with E-state index in [1.54, 1.807) is 12.1 Å². The molecule has 0 bridgehead atoms. The number of anilines is 1. The number of aryl methyl sites for hydroxylation is 1. The van der Waals surface area contributed by atoms with E-state index in [1.165, 1.54) is 14.2 Å². The number of esters is 1. The highest BCUT2D eigenvalue weighted by Gasteiger charge is 2.23. The van der Waals surface area contributed by atoms with Crippen LogP contribution in [-0.2, 0) is 4.74 Å². The zero-order valence-corrected chi connectivity index (χ0v) is 14.0. The van der Waals surface area contributed by atoms with Gasteiger partial charge in [0.05, 0.1) is 26.9 Å². The molecule has 1 aliphatic rings. The van der Waals surface area contributed by atoms with E-state index in [4.69, 9.17) is 14.2 Å². The Morgan fingerprint density at radius 3 is 2.88 bits per heavy atom. The lowest BCUT2D eigenvalue weighted by atomic mass is 9.98. The van der Waals surface area contributed by atoms with Crippen molar-refractivity contribution in [3.05, 3.63) is 47.0 Å². The quantitative estimate of drug-likeness (QED) is 0.870. The zero-order chi connectivity index (χ0) is 17.1. The van der Waals surface area contributed by atoms with Crippen molar-refractivity contribution in [1.82, 2.24) is 4.98 Å². The van der Waals surface area contributed by atoms with Crippen LogP contribution in [0.15, 0.2) is 30.3 Å². The van der Waals surface area contributed by atoms with Crippen LogP contribution in [0.5, 0.6) is 11.6 Å². The van der Waals surface area contributed by atoms with E-state index >= 15 is 0 Å². The van der Waals surface area contributed by atoms with Gasteiger partial charge in [0.15, 0.2) is 0 Å². The van der Waals surface area contributed by atoms with Gasteiger partial charge in [0.1, 0.15) is 17.1 Å². The van der Waals surface area contributed by atoms with E-state index in [1.807, 2.05) is 19.1 Å². The first-order valence-electron chi connectivity index (χ1n) is 7.76. The Bertz CT molecular complexity index is 761. The van der Waals surface area contributed by atoms with Crippen molar-refractivity contribution in [2.45, 2.75) is 19.4 Å². The summed E-state index contributed by atoms with van der Waals surface area (Å²) in [6, 6.07) is 9.60. The number of aromatic nitrogens is 1. The summed E-state index contributed by atoms with van der Waals surface area (Å²) >= 11 is 0. The van der Waals surface area contributed by atoms with Gasteiger partial charge in [-0.3, -0.25) is 0 Å². The van der Waals surface area contributed by atoms with Crippen LogP contribution in [0.4, 0.5) is 5.82 Å². The first kappa shape index (κ1) is 16.1. The van der Waals surface area contributed by atoms with Gasteiger partial charge in [0.25, 0.3) is 0 Å². The van der Waals surface area contributed by atoms with Crippen molar-refractivity contribution in [3.8, 4) is 11.6 Å². The average Bonchev–Trinajstić information content (AvgIpc) is 2.62. The summed E-state index contributed by atoms with van der Waals surface area (Å²) in [6.07, 6.45) is 0.833. The van der Waals surface area contributed by atoms with Gasteiger partial charge in [-0.05, 0) is 24.6 Å². The molecule has 0 amide bonds. The molecule has 6 nitrogen and oxygen atoms in total. The predicted molar refractivity (Wildman–Crippen MR) is 89.8 cm³/mol. The summed E-state index contributed by atoms with van der Waals surface area (Å²) in [6.45, 7) is 2.68. The number of benzene rings is 1. The maximum absolute atomic E-state index is 11.7. The summed E-state index contributed by atoms with van der Waals surface area (Å²) < 4.78 is 15.7. The first-order chi connectivity index (χ1) is 11.6. The molecule has 3 rings (SSSR count). The number of methoxy groups -OCH3 is 2. The number of hydrogen-bond acceptors (Lipinski definition) is 6. The lowest BCUT2D eigenvalue weighted by molar-refractivity contribution is 0.0596. The second-order valence-electron chi connectivity index (χ2n) is 5.57. The molecule has 2 aromatic rings. The molecule has 0 unspecified atom stereocenters. The Morgan fingerprint density at radius 2 is 2.12 bits per heavy atom. The minimum atomic E-state index is -0.474. The molecule has 0 spiro atoms. The van der Waals surface area contributed by atoms with Gasteiger partial charge in [-0.1, -0.05) is 18.2 Å². The van der Waals surface area contributed by atoms with Crippen LogP contribution in [0.25, 0.3) is 0 Å². The molecular weight excluding hydrogens is 308 g/mol. The van der Waals surface area contributed by atoms with E-state index in [9.17, 15) is 4.79 Å². The van der Waals surface area contributed by atoms with E-state index in [2.05, 4.69) is 16.4 Å². The van der Waals surface area contributed by atoms with Crippen LogP contribution in [0.1, 0.15) is 33.9 Å². The number of carbonyl (C=O) groups excluding carboxylic acids is 1. The van der Waals surface area contributed by atoms with Gasteiger partial charge in [-0.25, -0.2) is 4.79 Å². The smallest absolute Gasteiger partial charge is 0.343 e. The van der Waals surface area contributed by atoms with E-state index in [-0.39, 0.29) is 11.9 Å². The molecule has 1 N–H and O–H groups in total. The summed E-state index contributed by atoms with van der Waals surface area (Å²) in [5.74, 6) is 1.33. The Hall–Kier alpha value is -2.76. The number of pyridine rings is 1. The fourth-order valence-corrected chi connectivity index (χ4v) is 2.85. The summed E-state index contributed by atoms with van der Waals surface area (Å²) in [5.41, 5.74) is 2.53. The van der Waals surface area contributed by atoms with Crippen molar-refractivity contribution in [2.75, 3.05) is 26.1 Å². The molecule has 24 heavy (non-hydrogen) atoms. The van der Waals surface area contributed by atoms with E-state index < -0.39 is 5.97 Å². The minimum Gasteiger partial charge on any atom is -0.493 e. The number of rotatable bonds is 4. The number of ether oxygens (including phenoxy) is 3. The number of carbonyl (C=O) groups is 1. The van der Waals surface area contributed by atoms with Gasteiger partial charge in [0.2, 0.25) is 5.88 Å². The van der Waals surface area contributed by atoms with Gasteiger partial charge >= 0.3 is 5.97 Å². The minimum absolute atomic E-state index is 0.0924. The third-order valence-electron chi connectivity index (χ3n) is 4.05. The second-order valence-corrected chi connectivity index (χ2v) is 5.57. The van der Waals surface area contributed by atoms with Crippen LogP contribution in [0, 0.1) is 6.92 Å². The highest BCUT2D eigenvalue weighted by molar-refractivity contribution is 5.92. The van der Waals surface area contributed by atoms with E-state index in [0.717, 1.165) is 23.3 Å². The summed E-state index contributed by atoms with van der Waals surface area (Å²) in [7, 11) is 2.81. The molecule has 1 aliphatic heterocycles. The number of fused-ring (bicyclic) bond motifs is 1. The zero-order valence-electron chi connectivity index (χ0n) is 14.0. The second kappa shape index (κ2) is 6.78. The lowest BCUT2D eigenvalue weighted by Gasteiger charge is -2.28. The fraction of sp³-hybridized carbons (Fsp3) is 0.333. The largest absolute Gasteiger partial charge is 0.493 e. The molecular formula is C18H20N2O4. The van der Waals surface area contributed by atoms with Crippen LogP contribution in [0.3, 0.4) is 0 Å². The Kier molecular flexibility index (Phi) is 4.55. The fourth-order valence-electron chi connectivity index (χ4n) is 2.85. The molecule has 1 aromatic carbocycles.